The van der Waals surface area contributed by atoms with E-state index >= 15 is 0 Å². The minimum absolute atomic E-state index is 0.0390. The van der Waals surface area contributed by atoms with Crippen LogP contribution in [-0.2, 0) is 16.1 Å². The average Bonchev–Trinajstić information content (AvgIpc) is 2.94. The highest BCUT2D eigenvalue weighted by Crippen LogP contribution is 2.30. The molecule has 0 aliphatic carbocycles. The Balaban J connectivity index is 1.08. The molecule has 42 heavy (non-hydrogen) atoms. The molecule has 0 spiro atoms. The summed E-state index contributed by atoms with van der Waals surface area (Å²) in [5.41, 5.74) is 1.41. The van der Waals surface area contributed by atoms with Crippen LogP contribution in [0.1, 0.15) is 30.5 Å². The summed E-state index contributed by atoms with van der Waals surface area (Å²) in [5.74, 6) is -0.960. The number of rotatable bonds is 11. The minimum Gasteiger partial charge on any atom is -0.484 e. The topological polar surface area (TPSA) is 109 Å². The van der Waals surface area contributed by atoms with E-state index in [0.29, 0.717) is 54.2 Å². The Morgan fingerprint density at radius 2 is 1.95 bits per heavy atom. The van der Waals surface area contributed by atoms with Gasteiger partial charge in [0.1, 0.15) is 24.2 Å². The normalized spacial score (nSPS) is 17.1. The third kappa shape index (κ3) is 7.94. The number of likely N-dealkylation sites (tertiary alicyclic amines) is 1. The monoisotopic (exact) mass is 641 g/mol. The van der Waals surface area contributed by atoms with Crippen molar-refractivity contribution in [1.82, 2.24) is 9.88 Å². The molecule has 2 fully saturated rings. The lowest BCUT2D eigenvalue weighted by Gasteiger charge is -2.31. The highest BCUT2D eigenvalue weighted by molar-refractivity contribution is 9.10. The van der Waals surface area contributed by atoms with Gasteiger partial charge in [0, 0.05) is 36.8 Å². The Bertz CT molecular complexity index is 1460. The second-order valence-electron chi connectivity index (χ2n) is 10.1. The molecule has 220 valence electrons. The SMILES string of the molecule is N#Cc1ccc(OCc2cccc(OC3CCN(CC(=O)Nc4c(F)cc(Br)cc4NCC4CCO4)CC3)n2)c(F)c1. The molecule has 1 aromatic heterocycles. The number of hydrogen-bond acceptors (Lipinski definition) is 8. The zero-order chi connectivity index (χ0) is 29.5. The van der Waals surface area contributed by atoms with E-state index in [4.69, 9.17) is 19.5 Å². The minimum atomic E-state index is -0.611. The predicted octanol–water partition coefficient (Wildman–Crippen LogP) is 5.26. The number of nitrogens with one attached hydrogen (secondary N) is 2. The fourth-order valence-electron chi connectivity index (χ4n) is 4.69. The number of benzene rings is 2. The van der Waals surface area contributed by atoms with Crippen LogP contribution in [0.15, 0.2) is 53.0 Å². The van der Waals surface area contributed by atoms with Crippen LogP contribution >= 0.6 is 15.9 Å². The van der Waals surface area contributed by atoms with Crippen molar-refractivity contribution in [2.45, 2.75) is 38.1 Å². The second-order valence-corrected chi connectivity index (χ2v) is 11.0. The molecule has 2 N–H and O–H groups in total. The number of carbonyl (C=O) groups excluding carboxylic acids is 1. The summed E-state index contributed by atoms with van der Waals surface area (Å²) in [6, 6.07) is 14.3. The van der Waals surface area contributed by atoms with E-state index in [1.807, 2.05) is 11.0 Å². The van der Waals surface area contributed by atoms with Crippen molar-refractivity contribution in [3.05, 3.63) is 75.9 Å². The zero-order valence-corrected chi connectivity index (χ0v) is 24.3. The highest BCUT2D eigenvalue weighted by Gasteiger charge is 2.24. The Morgan fingerprint density at radius 3 is 2.67 bits per heavy atom. The van der Waals surface area contributed by atoms with Crippen molar-refractivity contribution in [2.24, 2.45) is 0 Å². The summed E-state index contributed by atoms with van der Waals surface area (Å²) in [5, 5.41) is 14.8. The van der Waals surface area contributed by atoms with E-state index in [0.717, 1.165) is 19.1 Å². The summed E-state index contributed by atoms with van der Waals surface area (Å²) in [7, 11) is 0. The van der Waals surface area contributed by atoms with Crippen LogP contribution in [0, 0.1) is 23.0 Å². The number of anilines is 2. The fourth-order valence-corrected chi connectivity index (χ4v) is 5.12. The molecule has 3 aromatic rings. The van der Waals surface area contributed by atoms with Crippen LogP contribution < -0.4 is 20.1 Å². The van der Waals surface area contributed by atoms with Gasteiger partial charge in [0.2, 0.25) is 11.8 Å². The molecule has 2 aliphatic heterocycles. The maximum Gasteiger partial charge on any atom is 0.238 e. The second kappa shape index (κ2) is 13.9. The molecule has 1 atom stereocenters. The number of pyridine rings is 1. The first-order chi connectivity index (χ1) is 20.4. The average molecular weight is 643 g/mol. The number of piperidine rings is 1. The van der Waals surface area contributed by atoms with Crippen molar-refractivity contribution in [3.63, 3.8) is 0 Å². The number of ether oxygens (including phenoxy) is 3. The number of hydrogen-bond donors (Lipinski definition) is 2. The number of halogens is 3. The Hall–Kier alpha value is -3.79. The molecule has 2 aromatic carbocycles. The summed E-state index contributed by atoms with van der Waals surface area (Å²) < 4.78 is 46.4. The summed E-state index contributed by atoms with van der Waals surface area (Å²) >= 11 is 3.31. The number of amides is 1. The number of nitrogens with zero attached hydrogens (tertiary/aromatic N) is 3. The van der Waals surface area contributed by atoms with Crippen LogP contribution in [0.5, 0.6) is 11.6 Å². The number of aromatic nitrogens is 1. The Morgan fingerprint density at radius 1 is 1.14 bits per heavy atom. The van der Waals surface area contributed by atoms with Crippen LogP contribution in [0.2, 0.25) is 0 Å². The number of carbonyl (C=O) groups is 1. The Labute approximate surface area is 250 Å². The maximum absolute atomic E-state index is 14.8. The van der Waals surface area contributed by atoms with Gasteiger partial charge < -0.3 is 24.8 Å². The fraction of sp³-hybridized carbons (Fsp3) is 0.367. The summed E-state index contributed by atoms with van der Waals surface area (Å²) in [4.78, 5) is 19.3. The lowest BCUT2D eigenvalue weighted by atomic mass is 10.1. The van der Waals surface area contributed by atoms with Gasteiger partial charge in [-0.3, -0.25) is 9.69 Å². The predicted molar refractivity (Wildman–Crippen MR) is 155 cm³/mol. The molecule has 9 nitrogen and oxygen atoms in total. The van der Waals surface area contributed by atoms with Crippen molar-refractivity contribution in [2.75, 3.05) is 43.4 Å². The van der Waals surface area contributed by atoms with Gasteiger partial charge in [0.15, 0.2) is 11.6 Å². The summed E-state index contributed by atoms with van der Waals surface area (Å²) in [6.45, 7) is 2.69. The van der Waals surface area contributed by atoms with Crippen LogP contribution in [0.25, 0.3) is 0 Å². The van der Waals surface area contributed by atoms with Crippen molar-refractivity contribution < 1.29 is 27.8 Å². The molecule has 2 saturated heterocycles. The molecular formula is C30H30BrF2N5O4. The first kappa shape index (κ1) is 29.7. The molecule has 0 radical (unpaired) electrons. The molecular weight excluding hydrogens is 612 g/mol. The first-order valence-electron chi connectivity index (χ1n) is 13.7. The molecule has 3 heterocycles. The third-order valence-electron chi connectivity index (χ3n) is 7.04. The zero-order valence-electron chi connectivity index (χ0n) is 22.7. The van der Waals surface area contributed by atoms with E-state index in [1.54, 1.807) is 24.3 Å². The van der Waals surface area contributed by atoms with Gasteiger partial charge in [0.25, 0.3) is 0 Å². The van der Waals surface area contributed by atoms with E-state index in [9.17, 15) is 13.6 Å². The first-order valence-corrected chi connectivity index (χ1v) is 14.5. The van der Waals surface area contributed by atoms with Crippen LogP contribution in [-0.4, -0.2) is 60.8 Å². The van der Waals surface area contributed by atoms with E-state index < -0.39 is 11.6 Å². The third-order valence-corrected chi connectivity index (χ3v) is 7.50. The van der Waals surface area contributed by atoms with Gasteiger partial charge in [-0.2, -0.15) is 5.26 Å². The molecule has 1 unspecified atom stereocenters. The van der Waals surface area contributed by atoms with Crippen LogP contribution in [0.4, 0.5) is 20.2 Å². The van der Waals surface area contributed by atoms with Gasteiger partial charge in [0.05, 0.1) is 35.7 Å². The van der Waals surface area contributed by atoms with E-state index in [-0.39, 0.29) is 48.3 Å². The molecule has 0 bridgehead atoms. The van der Waals surface area contributed by atoms with Gasteiger partial charge in [-0.05, 0) is 55.7 Å². The molecule has 0 saturated carbocycles. The van der Waals surface area contributed by atoms with Gasteiger partial charge in [-0.15, -0.1) is 0 Å². The Kier molecular flexibility index (Phi) is 9.84. The molecule has 5 rings (SSSR count). The molecule has 2 aliphatic rings. The quantitative estimate of drug-likeness (QED) is 0.292. The van der Waals surface area contributed by atoms with Crippen LogP contribution in [0.3, 0.4) is 0 Å². The lowest BCUT2D eigenvalue weighted by Crippen LogP contribution is -2.42. The van der Waals surface area contributed by atoms with Gasteiger partial charge in [-0.25, -0.2) is 13.8 Å². The van der Waals surface area contributed by atoms with Crippen molar-refractivity contribution >= 4 is 33.2 Å². The van der Waals surface area contributed by atoms with Crippen molar-refractivity contribution in [1.29, 1.82) is 5.26 Å². The van der Waals surface area contributed by atoms with Gasteiger partial charge in [-0.1, -0.05) is 22.0 Å². The lowest BCUT2D eigenvalue weighted by molar-refractivity contribution is -0.117. The standard InChI is InChI=1S/C30H30BrF2N5O4/c31-20-13-25(33)30(26(14-20)35-16-23-8-11-40-23)37-28(39)17-38-9-6-22(7-10-38)42-29-3-1-2-21(36-29)18-41-27-5-4-19(15-34)12-24(27)32/h1-5,12-14,22-23,35H,6-11,16-18H2,(H,37,39). The van der Waals surface area contributed by atoms with E-state index in [1.165, 1.54) is 18.2 Å². The van der Waals surface area contributed by atoms with Crippen molar-refractivity contribution in [3.8, 4) is 17.7 Å². The molecule has 12 heteroatoms. The van der Waals surface area contributed by atoms with Gasteiger partial charge >= 0.3 is 0 Å². The smallest absolute Gasteiger partial charge is 0.238 e. The maximum atomic E-state index is 14.8. The number of nitriles is 1. The van der Waals surface area contributed by atoms with E-state index in [2.05, 4.69) is 31.5 Å². The largest absolute Gasteiger partial charge is 0.484 e. The highest BCUT2D eigenvalue weighted by atomic mass is 79.9. The molecule has 1 amide bonds. The summed E-state index contributed by atoms with van der Waals surface area (Å²) in [6.07, 6.45) is 2.32.